The largest absolute Gasteiger partial charge is 0.444 e. The van der Waals surface area contributed by atoms with E-state index in [4.69, 9.17) is 10.5 Å². The number of hydrogen-bond donors (Lipinski definition) is 1. The van der Waals surface area contributed by atoms with Crippen molar-refractivity contribution in [3.8, 4) is 17.2 Å². The van der Waals surface area contributed by atoms with Crippen LogP contribution in [0.15, 0.2) is 30.3 Å². The van der Waals surface area contributed by atoms with E-state index in [-0.39, 0.29) is 11.7 Å². The van der Waals surface area contributed by atoms with Gasteiger partial charge in [0.1, 0.15) is 5.60 Å². The van der Waals surface area contributed by atoms with Gasteiger partial charge in [0.2, 0.25) is 5.91 Å². The molecule has 1 aliphatic rings. The van der Waals surface area contributed by atoms with Crippen molar-refractivity contribution in [1.29, 1.82) is 5.26 Å². The zero-order valence-electron chi connectivity index (χ0n) is 17.9. The van der Waals surface area contributed by atoms with Crippen LogP contribution in [0.25, 0.3) is 11.1 Å². The first kappa shape index (κ1) is 21.2. The molecule has 7 heteroatoms. The van der Waals surface area contributed by atoms with E-state index in [2.05, 4.69) is 0 Å². The zero-order chi connectivity index (χ0) is 22.2. The topological polar surface area (TPSA) is 99.7 Å². The fourth-order valence-corrected chi connectivity index (χ4v) is 3.50. The highest BCUT2D eigenvalue weighted by molar-refractivity contribution is 6.01. The third-order valence-corrected chi connectivity index (χ3v) is 4.91. The van der Waals surface area contributed by atoms with E-state index in [1.807, 2.05) is 58.0 Å². The minimum absolute atomic E-state index is 0.280. The van der Waals surface area contributed by atoms with E-state index in [0.717, 1.165) is 22.4 Å². The molecular formula is C23H26N4O3. The van der Waals surface area contributed by atoms with E-state index < -0.39 is 11.5 Å². The number of amides is 2. The maximum absolute atomic E-state index is 12.6. The first-order chi connectivity index (χ1) is 14.0. The Bertz CT molecular complexity index is 1060. The number of primary amides is 1. The Morgan fingerprint density at radius 1 is 1.13 bits per heavy atom. The summed E-state index contributed by atoms with van der Waals surface area (Å²) in [5.41, 5.74) is 10.0. The summed E-state index contributed by atoms with van der Waals surface area (Å²) in [6, 6.07) is 11.0. The van der Waals surface area contributed by atoms with Crippen molar-refractivity contribution in [2.45, 2.75) is 39.5 Å². The van der Waals surface area contributed by atoms with Crippen LogP contribution in [0.2, 0.25) is 0 Å². The number of anilines is 1. The Balaban J connectivity index is 2.12. The van der Waals surface area contributed by atoms with E-state index in [9.17, 15) is 14.9 Å². The van der Waals surface area contributed by atoms with Crippen molar-refractivity contribution in [3.63, 3.8) is 0 Å². The molecule has 0 bridgehead atoms. The summed E-state index contributed by atoms with van der Waals surface area (Å²) in [6.07, 6.45) is -0.383. The second kappa shape index (κ2) is 7.71. The first-order valence-corrected chi connectivity index (χ1v) is 9.65. The van der Waals surface area contributed by atoms with E-state index in [0.29, 0.717) is 24.2 Å². The van der Waals surface area contributed by atoms with Gasteiger partial charge in [-0.2, -0.15) is 5.26 Å². The van der Waals surface area contributed by atoms with Crippen LogP contribution in [-0.4, -0.2) is 36.6 Å². The summed E-state index contributed by atoms with van der Waals surface area (Å²) in [5.74, 6) is -0.604. The monoisotopic (exact) mass is 406 g/mol. The van der Waals surface area contributed by atoms with Crippen molar-refractivity contribution in [2.24, 2.45) is 5.73 Å². The average molecular weight is 406 g/mol. The number of nitriles is 1. The van der Waals surface area contributed by atoms with Crippen LogP contribution in [0.5, 0.6) is 0 Å². The molecule has 1 heterocycles. The quantitative estimate of drug-likeness (QED) is 0.839. The Morgan fingerprint density at radius 2 is 1.83 bits per heavy atom. The molecule has 0 aliphatic carbocycles. The number of fused-ring (bicyclic) bond motifs is 1. The lowest BCUT2D eigenvalue weighted by molar-refractivity contribution is 0.0242. The summed E-state index contributed by atoms with van der Waals surface area (Å²) >= 11 is 0. The van der Waals surface area contributed by atoms with Gasteiger partial charge in [-0.3, -0.25) is 9.69 Å². The number of nitrogens with zero attached hydrogens (tertiary/aromatic N) is 3. The predicted octanol–water partition coefficient (Wildman–Crippen LogP) is 3.64. The summed E-state index contributed by atoms with van der Waals surface area (Å²) < 4.78 is 5.53. The van der Waals surface area contributed by atoms with Gasteiger partial charge < -0.3 is 15.4 Å². The number of benzene rings is 2. The highest BCUT2D eigenvalue weighted by Crippen LogP contribution is 2.38. The Hall–Kier alpha value is -3.53. The Labute approximate surface area is 176 Å². The molecule has 2 aromatic rings. The number of carbonyl (C=O) groups is 2. The lowest BCUT2D eigenvalue weighted by Crippen LogP contribution is -2.33. The lowest BCUT2D eigenvalue weighted by atomic mass is 9.91. The molecule has 0 unspecified atom stereocenters. The second-order valence-electron chi connectivity index (χ2n) is 8.60. The van der Waals surface area contributed by atoms with E-state index in [1.54, 1.807) is 17.0 Å². The molecule has 2 aromatic carbocycles. The van der Waals surface area contributed by atoms with Crippen LogP contribution in [0.3, 0.4) is 0 Å². The van der Waals surface area contributed by atoms with Gasteiger partial charge in [-0.1, -0.05) is 6.07 Å². The van der Waals surface area contributed by atoms with Gasteiger partial charge >= 0.3 is 6.09 Å². The Morgan fingerprint density at radius 3 is 2.40 bits per heavy atom. The molecule has 0 atom stereocenters. The van der Waals surface area contributed by atoms with Crippen molar-refractivity contribution in [2.75, 3.05) is 19.0 Å². The SMILES string of the molecule is CN(C)c1cc2c(c(-c3ccc(C#N)cc3C(N)=O)c1)CN(C(=O)OC(C)(C)C)C2. The first-order valence-electron chi connectivity index (χ1n) is 9.65. The maximum atomic E-state index is 12.6. The molecule has 0 saturated heterocycles. The fraction of sp³-hybridized carbons (Fsp3) is 0.348. The molecule has 0 saturated carbocycles. The summed E-state index contributed by atoms with van der Waals surface area (Å²) in [7, 11) is 3.86. The molecule has 156 valence electrons. The minimum Gasteiger partial charge on any atom is -0.444 e. The molecule has 0 spiro atoms. The lowest BCUT2D eigenvalue weighted by Gasteiger charge is -2.24. The average Bonchev–Trinajstić information content (AvgIpc) is 3.09. The normalized spacial score (nSPS) is 12.9. The standard InChI is InChI=1S/C23H26N4O3/c1-23(2,3)30-22(29)27-12-15-9-16(26(4)5)10-18(20(15)13-27)17-7-6-14(11-24)8-19(17)21(25)28/h6-10H,12-13H2,1-5H3,(H2,25,28). The number of carbonyl (C=O) groups excluding carboxylic acids is 2. The zero-order valence-corrected chi connectivity index (χ0v) is 17.9. The summed E-state index contributed by atoms with van der Waals surface area (Å²) in [6.45, 7) is 6.28. The third kappa shape index (κ3) is 4.23. The van der Waals surface area contributed by atoms with Gasteiger partial charge in [-0.25, -0.2) is 4.79 Å². The van der Waals surface area contributed by atoms with Gasteiger partial charge in [0, 0.05) is 31.9 Å². The molecule has 0 fully saturated rings. The molecule has 30 heavy (non-hydrogen) atoms. The van der Waals surface area contributed by atoms with Crippen molar-refractivity contribution < 1.29 is 14.3 Å². The third-order valence-electron chi connectivity index (χ3n) is 4.91. The molecule has 0 radical (unpaired) electrons. The van der Waals surface area contributed by atoms with Gasteiger partial charge in [-0.15, -0.1) is 0 Å². The summed E-state index contributed by atoms with van der Waals surface area (Å²) in [4.78, 5) is 28.4. The molecule has 0 aromatic heterocycles. The minimum atomic E-state index is -0.604. The summed E-state index contributed by atoms with van der Waals surface area (Å²) in [5, 5.41) is 9.20. The second-order valence-corrected chi connectivity index (χ2v) is 8.60. The smallest absolute Gasteiger partial charge is 0.410 e. The van der Waals surface area contributed by atoms with Gasteiger partial charge in [0.25, 0.3) is 0 Å². The maximum Gasteiger partial charge on any atom is 0.410 e. The van der Waals surface area contributed by atoms with Crippen molar-refractivity contribution in [1.82, 2.24) is 4.90 Å². The molecule has 2 amide bonds. The molecule has 3 rings (SSSR count). The van der Waals surface area contributed by atoms with Gasteiger partial charge in [-0.05, 0) is 67.3 Å². The number of rotatable bonds is 3. The van der Waals surface area contributed by atoms with Crippen LogP contribution in [0, 0.1) is 11.3 Å². The predicted molar refractivity (Wildman–Crippen MR) is 115 cm³/mol. The number of ether oxygens (including phenoxy) is 1. The van der Waals surface area contributed by atoms with Crippen LogP contribution in [-0.2, 0) is 17.8 Å². The molecule has 7 nitrogen and oxygen atoms in total. The number of nitrogens with two attached hydrogens (primary N) is 1. The number of hydrogen-bond acceptors (Lipinski definition) is 5. The van der Waals surface area contributed by atoms with Crippen LogP contribution >= 0.6 is 0 Å². The van der Waals surface area contributed by atoms with Crippen molar-refractivity contribution in [3.05, 3.63) is 52.6 Å². The van der Waals surface area contributed by atoms with E-state index in [1.165, 1.54) is 6.07 Å². The van der Waals surface area contributed by atoms with Crippen molar-refractivity contribution >= 4 is 17.7 Å². The van der Waals surface area contributed by atoms with Crippen LogP contribution in [0.1, 0.15) is 47.8 Å². The fourth-order valence-electron chi connectivity index (χ4n) is 3.50. The van der Waals surface area contributed by atoms with Crippen LogP contribution < -0.4 is 10.6 Å². The Kier molecular flexibility index (Phi) is 5.45. The molecule has 2 N–H and O–H groups in total. The highest BCUT2D eigenvalue weighted by atomic mass is 16.6. The van der Waals surface area contributed by atoms with Gasteiger partial charge in [0.15, 0.2) is 0 Å². The molecular weight excluding hydrogens is 380 g/mol. The van der Waals surface area contributed by atoms with Crippen LogP contribution in [0.4, 0.5) is 10.5 Å². The molecule has 1 aliphatic heterocycles. The van der Waals surface area contributed by atoms with Gasteiger partial charge in [0.05, 0.1) is 18.2 Å². The highest BCUT2D eigenvalue weighted by Gasteiger charge is 2.31. The van der Waals surface area contributed by atoms with E-state index >= 15 is 0 Å².